The van der Waals surface area contributed by atoms with Crippen LogP contribution >= 0.6 is 15.9 Å². The summed E-state index contributed by atoms with van der Waals surface area (Å²) in [5.41, 5.74) is -0.815. The molecule has 0 aliphatic heterocycles. The van der Waals surface area contributed by atoms with Crippen molar-refractivity contribution >= 4 is 27.7 Å². The highest BCUT2D eigenvalue weighted by molar-refractivity contribution is 9.10. The number of halogens is 1. The van der Waals surface area contributed by atoms with Crippen LogP contribution in [-0.2, 0) is 4.79 Å². The molecular weight excluding hydrogens is 298 g/mol. The van der Waals surface area contributed by atoms with Gasteiger partial charge in [-0.1, -0.05) is 0 Å². The molecule has 100 valence electrons. The van der Waals surface area contributed by atoms with E-state index in [1.54, 1.807) is 38.1 Å². The second-order valence-electron chi connectivity index (χ2n) is 4.89. The van der Waals surface area contributed by atoms with E-state index in [1.165, 1.54) is 0 Å². The molecule has 0 saturated carbocycles. The summed E-state index contributed by atoms with van der Waals surface area (Å²) in [4.78, 5) is 17.5. The molecule has 6 heteroatoms. The Kier molecular flexibility index (Phi) is 5.25. The zero-order valence-electron chi connectivity index (χ0n) is 10.8. The van der Waals surface area contributed by atoms with E-state index >= 15 is 0 Å². The van der Waals surface area contributed by atoms with Crippen LogP contribution in [0, 0.1) is 0 Å². The first kappa shape index (κ1) is 15.1. The summed E-state index contributed by atoms with van der Waals surface area (Å²) in [6.45, 7) is 4.05. The summed E-state index contributed by atoms with van der Waals surface area (Å²) >= 11 is 3.27. The summed E-state index contributed by atoms with van der Waals surface area (Å²) < 4.78 is 0.861. The Balaban J connectivity index is 2.44. The molecule has 1 amide bonds. The molecule has 2 N–H and O–H groups in total. The quantitative estimate of drug-likeness (QED) is 0.864. The first-order chi connectivity index (χ1) is 8.26. The maximum absolute atomic E-state index is 11.7. The largest absolute Gasteiger partial charge is 0.389 e. The number of hydrogen-bond acceptors (Lipinski definition) is 4. The van der Waals surface area contributed by atoms with Crippen LogP contribution in [0.25, 0.3) is 0 Å². The third-order valence-electron chi connectivity index (χ3n) is 2.07. The number of nitrogens with one attached hydrogen (secondary N) is 1. The van der Waals surface area contributed by atoms with Crippen molar-refractivity contribution in [3.63, 3.8) is 0 Å². The topological polar surface area (TPSA) is 65.5 Å². The van der Waals surface area contributed by atoms with E-state index in [4.69, 9.17) is 0 Å². The van der Waals surface area contributed by atoms with Crippen molar-refractivity contribution in [3.8, 4) is 0 Å². The molecule has 1 heterocycles. The number of carbonyl (C=O) groups is 1. The van der Waals surface area contributed by atoms with Gasteiger partial charge in [-0.25, -0.2) is 4.98 Å². The number of pyridine rings is 1. The second-order valence-corrected chi connectivity index (χ2v) is 5.81. The molecule has 0 unspecified atom stereocenters. The fourth-order valence-electron chi connectivity index (χ4n) is 1.59. The van der Waals surface area contributed by atoms with Crippen molar-refractivity contribution in [2.45, 2.75) is 19.4 Å². The van der Waals surface area contributed by atoms with E-state index in [0.29, 0.717) is 12.4 Å². The van der Waals surface area contributed by atoms with Gasteiger partial charge in [0.05, 0.1) is 12.1 Å². The molecule has 5 nitrogen and oxygen atoms in total. The van der Waals surface area contributed by atoms with E-state index < -0.39 is 5.60 Å². The average molecular weight is 316 g/mol. The van der Waals surface area contributed by atoms with Crippen LogP contribution in [0.5, 0.6) is 0 Å². The van der Waals surface area contributed by atoms with Gasteiger partial charge in [-0.3, -0.25) is 9.69 Å². The van der Waals surface area contributed by atoms with Crippen LogP contribution < -0.4 is 5.32 Å². The highest BCUT2D eigenvalue weighted by atomic mass is 79.9. The van der Waals surface area contributed by atoms with Crippen molar-refractivity contribution in [2.24, 2.45) is 0 Å². The Hall–Kier alpha value is -0.980. The zero-order chi connectivity index (χ0) is 13.8. The van der Waals surface area contributed by atoms with E-state index in [-0.39, 0.29) is 12.5 Å². The summed E-state index contributed by atoms with van der Waals surface area (Å²) in [7, 11) is 1.78. The van der Waals surface area contributed by atoms with Gasteiger partial charge in [0.25, 0.3) is 0 Å². The third kappa shape index (κ3) is 6.09. The second kappa shape index (κ2) is 6.26. The maximum Gasteiger partial charge on any atom is 0.239 e. The molecule has 0 radical (unpaired) electrons. The molecule has 0 fully saturated rings. The SMILES string of the molecule is CN(CC(=O)Nc1ccc(Br)cn1)CC(C)(C)O. The highest BCUT2D eigenvalue weighted by Gasteiger charge is 2.17. The average Bonchev–Trinajstić information content (AvgIpc) is 2.18. The smallest absolute Gasteiger partial charge is 0.239 e. The van der Waals surface area contributed by atoms with Gasteiger partial charge in [0.15, 0.2) is 0 Å². The highest BCUT2D eigenvalue weighted by Crippen LogP contribution is 2.10. The minimum atomic E-state index is -0.815. The minimum absolute atomic E-state index is 0.156. The minimum Gasteiger partial charge on any atom is -0.389 e. The number of aromatic nitrogens is 1. The molecule has 1 rings (SSSR count). The fraction of sp³-hybridized carbons (Fsp3) is 0.500. The number of anilines is 1. The van der Waals surface area contributed by atoms with Crippen molar-refractivity contribution in [2.75, 3.05) is 25.5 Å². The lowest BCUT2D eigenvalue weighted by Crippen LogP contribution is -2.40. The van der Waals surface area contributed by atoms with Gasteiger partial charge < -0.3 is 10.4 Å². The predicted octanol–water partition coefficient (Wildman–Crippen LogP) is 1.49. The van der Waals surface area contributed by atoms with Crippen LogP contribution in [0.15, 0.2) is 22.8 Å². The number of likely N-dealkylation sites (N-methyl/N-ethyl adjacent to an activating group) is 1. The molecule has 0 aromatic carbocycles. The van der Waals surface area contributed by atoms with Crippen molar-refractivity contribution in [1.82, 2.24) is 9.88 Å². The van der Waals surface area contributed by atoms with Gasteiger partial charge in [0, 0.05) is 17.2 Å². The van der Waals surface area contributed by atoms with Crippen molar-refractivity contribution in [3.05, 3.63) is 22.8 Å². The Bertz CT molecular complexity index is 401. The van der Waals surface area contributed by atoms with E-state index in [1.807, 2.05) is 6.07 Å². The molecule has 0 atom stereocenters. The lowest BCUT2D eigenvalue weighted by molar-refractivity contribution is -0.117. The first-order valence-electron chi connectivity index (χ1n) is 5.58. The van der Waals surface area contributed by atoms with Gasteiger partial charge in [0.2, 0.25) is 5.91 Å². The van der Waals surface area contributed by atoms with Crippen LogP contribution in [-0.4, -0.2) is 46.6 Å². The van der Waals surface area contributed by atoms with Gasteiger partial charge in [-0.05, 0) is 49.0 Å². The summed E-state index contributed by atoms with van der Waals surface area (Å²) in [6.07, 6.45) is 1.62. The molecule has 0 saturated heterocycles. The lowest BCUT2D eigenvalue weighted by atomic mass is 10.1. The molecule has 1 aromatic rings. The normalized spacial score (nSPS) is 11.7. The molecule has 0 aliphatic carbocycles. The third-order valence-corrected chi connectivity index (χ3v) is 2.53. The van der Waals surface area contributed by atoms with Crippen LogP contribution in [0.1, 0.15) is 13.8 Å². The van der Waals surface area contributed by atoms with Gasteiger partial charge in [-0.2, -0.15) is 0 Å². The van der Waals surface area contributed by atoms with Gasteiger partial charge in [0.1, 0.15) is 5.82 Å². The van der Waals surface area contributed by atoms with Crippen LogP contribution in [0.2, 0.25) is 0 Å². The number of nitrogens with zero attached hydrogens (tertiary/aromatic N) is 2. The van der Waals surface area contributed by atoms with Crippen LogP contribution in [0.4, 0.5) is 5.82 Å². The zero-order valence-corrected chi connectivity index (χ0v) is 12.4. The Morgan fingerprint density at radius 3 is 2.72 bits per heavy atom. The molecule has 0 bridgehead atoms. The van der Waals surface area contributed by atoms with Gasteiger partial charge in [-0.15, -0.1) is 0 Å². The summed E-state index contributed by atoms with van der Waals surface area (Å²) in [5, 5.41) is 12.3. The van der Waals surface area contributed by atoms with E-state index in [0.717, 1.165) is 4.47 Å². The van der Waals surface area contributed by atoms with E-state index in [2.05, 4.69) is 26.2 Å². The number of aliphatic hydroxyl groups is 1. The number of hydrogen-bond donors (Lipinski definition) is 2. The summed E-state index contributed by atoms with van der Waals surface area (Å²) in [5.74, 6) is 0.358. The Labute approximate surface area is 115 Å². The van der Waals surface area contributed by atoms with Crippen molar-refractivity contribution < 1.29 is 9.90 Å². The van der Waals surface area contributed by atoms with Crippen molar-refractivity contribution in [1.29, 1.82) is 0 Å². The molecule has 1 aromatic heterocycles. The van der Waals surface area contributed by atoms with E-state index in [9.17, 15) is 9.90 Å². The standard InChI is InChI=1S/C12H18BrN3O2/c1-12(2,18)8-16(3)7-11(17)15-10-5-4-9(13)6-14-10/h4-6,18H,7-8H2,1-3H3,(H,14,15,17). The molecule has 18 heavy (non-hydrogen) atoms. The molecule has 0 aliphatic rings. The molecule has 0 spiro atoms. The Morgan fingerprint density at radius 2 is 2.22 bits per heavy atom. The number of carbonyl (C=O) groups excluding carboxylic acids is 1. The first-order valence-corrected chi connectivity index (χ1v) is 6.38. The maximum atomic E-state index is 11.7. The number of amides is 1. The lowest BCUT2D eigenvalue weighted by Gasteiger charge is -2.24. The predicted molar refractivity (Wildman–Crippen MR) is 74.4 cm³/mol. The van der Waals surface area contributed by atoms with Crippen LogP contribution in [0.3, 0.4) is 0 Å². The molecular formula is C12H18BrN3O2. The fourth-order valence-corrected chi connectivity index (χ4v) is 1.83. The monoisotopic (exact) mass is 315 g/mol. The number of rotatable bonds is 5. The summed E-state index contributed by atoms with van der Waals surface area (Å²) in [6, 6.07) is 3.53. The Morgan fingerprint density at radius 1 is 1.56 bits per heavy atom. The van der Waals surface area contributed by atoms with Gasteiger partial charge >= 0.3 is 0 Å².